The van der Waals surface area contributed by atoms with E-state index < -0.39 is 23.9 Å². The van der Waals surface area contributed by atoms with Crippen LogP contribution in [0.15, 0.2) is 78.9 Å². The van der Waals surface area contributed by atoms with Crippen LogP contribution in [0.4, 0.5) is 0 Å². The number of carboxylic acids is 1. The van der Waals surface area contributed by atoms with E-state index in [4.69, 9.17) is 15.6 Å². The molecule has 0 saturated heterocycles. The first kappa shape index (κ1) is 21.9. The summed E-state index contributed by atoms with van der Waals surface area (Å²) in [5.41, 5.74) is 8.02. The van der Waals surface area contributed by atoms with E-state index in [1.807, 2.05) is 6.07 Å². The highest BCUT2D eigenvalue weighted by Gasteiger charge is 2.20. The third-order valence-corrected chi connectivity index (χ3v) is 4.95. The highest BCUT2D eigenvalue weighted by Crippen LogP contribution is 2.22. The van der Waals surface area contributed by atoms with Gasteiger partial charge in [0.05, 0.1) is 5.92 Å². The number of ether oxygens (including phenoxy) is 1. The molecule has 6 nitrogen and oxygen atoms in total. The Kier molecular flexibility index (Phi) is 6.95. The number of rotatable bonds is 8. The van der Waals surface area contributed by atoms with Gasteiger partial charge in [-0.15, -0.1) is 0 Å². The number of benzene rings is 3. The number of aliphatic carboxylic acids is 1. The SMILES string of the molecule is CC(C(=O)Oc1ccc(C[C@H](N)C(=O)O)cc1)c1cccc(C(=O)c2ccccc2)c1. The van der Waals surface area contributed by atoms with Gasteiger partial charge in [-0.25, -0.2) is 0 Å². The number of hydrogen-bond acceptors (Lipinski definition) is 5. The van der Waals surface area contributed by atoms with Crippen LogP contribution < -0.4 is 10.5 Å². The van der Waals surface area contributed by atoms with Crippen molar-refractivity contribution in [2.24, 2.45) is 5.73 Å². The average Bonchev–Trinajstić information content (AvgIpc) is 2.79. The van der Waals surface area contributed by atoms with E-state index in [1.165, 1.54) is 0 Å². The minimum absolute atomic E-state index is 0.113. The Morgan fingerprint density at radius 1 is 0.903 bits per heavy atom. The van der Waals surface area contributed by atoms with Crippen molar-refractivity contribution in [3.8, 4) is 5.75 Å². The Bertz CT molecular complexity index is 1080. The van der Waals surface area contributed by atoms with Crippen LogP contribution in [0.25, 0.3) is 0 Å². The first-order valence-electron chi connectivity index (χ1n) is 9.84. The lowest BCUT2D eigenvalue weighted by molar-refractivity contribution is -0.138. The molecule has 2 atom stereocenters. The summed E-state index contributed by atoms with van der Waals surface area (Å²) in [6.45, 7) is 1.72. The summed E-state index contributed by atoms with van der Waals surface area (Å²) in [7, 11) is 0. The fraction of sp³-hybridized carbons (Fsp3) is 0.160. The normalized spacial score (nSPS) is 12.6. The topological polar surface area (TPSA) is 107 Å². The Balaban J connectivity index is 1.67. The molecule has 3 aromatic rings. The second-order valence-corrected chi connectivity index (χ2v) is 7.26. The van der Waals surface area contributed by atoms with Gasteiger partial charge >= 0.3 is 11.9 Å². The quantitative estimate of drug-likeness (QED) is 0.330. The van der Waals surface area contributed by atoms with E-state index in [1.54, 1.807) is 79.7 Å². The number of esters is 1. The molecule has 0 heterocycles. The van der Waals surface area contributed by atoms with Gasteiger partial charge in [0.25, 0.3) is 0 Å². The van der Waals surface area contributed by atoms with Crippen LogP contribution in [0.5, 0.6) is 5.75 Å². The number of carbonyl (C=O) groups is 3. The molecule has 0 amide bonds. The van der Waals surface area contributed by atoms with Crippen LogP contribution in [0, 0.1) is 0 Å². The van der Waals surface area contributed by atoms with E-state index in [9.17, 15) is 14.4 Å². The Morgan fingerprint density at radius 3 is 2.19 bits per heavy atom. The molecular weight excluding hydrogens is 394 g/mol. The summed E-state index contributed by atoms with van der Waals surface area (Å²) in [5, 5.41) is 8.89. The van der Waals surface area contributed by atoms with E-state index in [2.05, 4.69) is 0 Å². The van der Waals surface area contributed by atoms with Crippen LogP contribution in [0.1, 0.15) is 39.9 Å². The lowest BCUT2D eigenvalue weighted by atomic mass is 9.96. The van der Waals surface area contributed by atoms with Gasteiger partial charge in [-0.1, -0.05) is 60.7 Å². The summed E-state index contributed by atoms with van der Waals surface area (Å²) in [4.78, 5) is 36.1. The smallest absolute Gasteiger partial charge is 0.320 e. The Hall–Kier alpha value is -3.77. The molecule has 0 bridgehead atoms. The van der Waals surface area contributed by atoms with Crippen LogP contribution in [-0.2, 0) is 16.0 Å². The monoisotopic (exact) mass is 417 g/mol. The zero-order valence-corrected chi connectivity index (χ0v) is 17.0. The van der Waals surface area contributed by atoms with Gasteiger partial charge in [0.1, 0.15) is 11.8 Å². The Labute approximate surface area is 180 Å². The molecule has 0 aliphatic rings. The van der Waals surface area contributed by atoms with Crippen molar-refractivity contribution in [3.63, 3.8) is 0 Å². The second-order valence-electron chi connectivity index (χ2n) is 7.26. The highest BCUT2D eigenvalue weighted by molar-refractivity contribution is 6.09. The van der Waals surface area contributed by atoms with Gasteiger partial charge in [-0.3, -0.25) is 14.4 Å². The standard InChI is InChI=1S/C25H23NO5/c1-16(19-8-5-9-20(15-19)23(27)18-6-3-2-4-7-18)25(30)31-21-12-10-17(11-13-21)14-22(26)24(28)29/h2-13,15-16,22H,14,26H2,1H3,(H,28,29)/t16?,22-/m0/s1. The minimum atomic E-state index is -1.07. The summed E-state index contributed by atoms with van der Waals surface area (Å²) >= 11 is 0. The maximum absolute atomic E-state index is 12.7. The van der Waals surface area contributed by atoms with Crippen LogP contribution in [0.3, 0.4) is 0 Å². The highest BCUT2D eigenvalue weighted by atomic mass is 16.5. The summed E-state index contributed by atoms with van der Waals surface area (Å²) < 4.78 is 5.45. The molecule has 3 N–H and O–H groups in total. The van der Waals surface area contributed by atoms with Crippen molar-refractivity contribution < 1.29 is 24.2 Å². The largest absolute Gasteiger partial charge is 0.480 e. The molecule has 0 fully saturated rings. The summed E-state index contributed by atoms with van der Waals surface area (Å²) in [6.07, 6.45) is 0.183. The number of carboxylic acid groups (broad SMARTS) is 1. The predicted octanol–water partition coefficient (Wildman–Crippen LogP) is 3.58. The van der Waals surface area contributed by atoms with Crippen molar-refractivity contribution >= 4 is 17.7 Å². The number of ketones is 1. The van der Waals surface area contributed by atoms with Crippen molar-refractivity contribution in [2.75, 3.05) is 0 Å². The van der Waals surface area contributed by atoms with Crippen LogP contribution >= 0.6 is 0 Å². The van der Waals surface area contributed by atoms with Gasteiger partial charge in [0, 0.05) is 11.1 Å². The van der Waals surface area contributed by atoms with E-state index >= 15 is 0 Å². The molecule has 3 rings (SSSR count). The number of nitrogens with two attached hydrogens (primary N) is 1. The molecule has 31 heavy (non-hydrogen) atoms. The van der Waals surface area contributed by atoms with Gasteiger partial charge in [-0.05, 0) is 42.7 Å². The maximum atomic E-state index is 12.7. The summed E-state index contributed by atoms with van der Waals surface area (Å²) in [6, 6.07) is 21.5. The van der Waals surface area contributed by atoms with Crippen molar-refractivity contribution in [2.45, 2.75) is 25.3 Å². The van der Waals surface area contributed by atoms with E-state index in [-0.39, 0.29) is 12.2 Å². The maximum Gasteiger partial charge on any atom is 0.320 e. The van der Waals surface area contributed by atoms with Crippen molar-refractivity contribution in [1.82, 2.24) is 0 Å². The molecule has 1 unspecified atom stereocenters. The average molecular weight is 417 g/mol. The van der Waals surface area contributed by atoms with Crippen molar-refractivity contribution in [1.29, 1.82) is 0 Å². The molecule has 0 aliphatic heterocycles. The first-order chi connectivity index (χ1) is 14.8. The Morgan fingerprint density at radius 2 is 1.55 bits per heavy atom. The van der Waals surface area contributed by atoms with Gasteiger partial charge < -0.3 is 15.6 Å². The van der Waals surface area contributed by atoms with Crippen molar-refractivity contribution in [3.05, 3.63) is 101 Å². The number of carbonyl (C=O) groups excluding carboxylic acids is 2. The molecule has 0 aromatic heterocycles. The van der Waals surface area contributed by atoms with E-state index in [0.29, 0.717) is 22.4 Å². The van der Waals surface area contributed by atoms with Gasteiger partial charge in [0.15, 0.2) is 5.78 Å². The lowest BCUT2D eigenvalue weighted by Gasteiger charge is -2.13. The number of hydrogen-bond donors (Lipinski definition) is 2. The fourth-order valence-electron chi connectivity index (χ4n) is 3.08. The molecule has 0 saturated carbocycles. The molecule has 0 aliphatic carbocycles. The third kappa shape index (κ3) is 5.65. The zero-order chi connectivity index (χ0) is 22.4. The third-order valence-electron chi connectivity index (χ3n) is 4.95. The zero-order valence-electron chi connectivity index (χ0n) is 17.0. The molecule has 0 spiro atoms. The predicted molar refractivity (Wildman–Crippen MR) is 116 cm³/mol. The van der Waals surface area contributed by atoms with E-state index in [0.717, 1.165) is 5.56 Å². The molecule has 6 heteroatoms. The minimum Gasteiger partial charge on any atom is -0.480 e. The lowest BCUT2D eigenvalue weighted by Crippen LogP contribution is -2.32. The van der Waals surface area contributed by atoms with Crippen LogP contribution in [-0.4, -0.2) is 28.9 Å². The summed E-state index contributed by atoms with van der Waals surface area (Å²) in [5.74, 6) is -1.88. The molecule has 3 aromatic carbocycles. The van der Waals surface area contributed by atoms with Gasteiger partial charge in [-0.2, -0.15) is 0 Å². The molecular formula is C25H23NO5. The van der Waals surface area contributed by atoms with Crippen LogP contribution in [0.2, 0.25) is 0 Å². The first-order valence-corrected chi connectivity index (χ1v) is 9.84. The molecule has 0 radical (unpaired) electrons. The molecule has 158 valence electrons. The van der Waals surface area contributed by atoms with Gasteiger partial charge in [0.2, 0.25) is 0 Å². The fourth-order valence-corrected chi connectivity index (χ4v) is 3.08. The second kappa shape index (κ2) is 9.82.